The second kappa shape index (κ2) is 5.65. The fourth-order valence-corrected chi connectivity index (χ4v) is 2.18. The average Bonchev–Trinajstić information content (AvgIpc) is 2.77. The van der Waals surface area contributed by atoms with Gasteiger partial charge in [-0.3, -0.25) is 4.79 Å². The Hall–Kier alpha value is -1.49. The normalized spacial score (nSPS) is 12.4. The molecule has 1 aromatic carbocycles. The minimum atomic E-state index is -0.977. The molecule has 100 valence electrons. The highest BCUT2D eigenvalue weighted by Crippen LogP contribution is 2.32. The van der Waals surface area contributed by atoms with Crippen LogP contribution in [0.5, 0.6) is 0 Å². The Kier molecular flexibility index (Phi) is 4.14. The summed E-state index contributed by atoms with van der Waals surface area (Å²) in [6, 6.07) is 7.70. The van der Waals surface area contributed by atoms with Crippen LogP contribution in [0.3, 0.4) is 0 Å². The van der Waals surface area contributed by atoms with E-state index in [1.54, 1.807) is 30.3 Å². The van der Waals surface area contributed by atoms with Gasteiger partial charge in [-0.2, -0.15) is 0 Å². The Morgan fingerprint density at radius 2 is 2.05 bits per heavy atom. The average molecular weight is 300 g/mol. The number of carboxylic acids is 1. The molecule has 0 aliphatic carbocycles. The van der Waals surface area contributed by atoms with E-state index in [1.165, 1.54) is 0 Å². The molecule has 0 aliphatic rings. The highest BCUT2D eigenvalue weighted by Gasteiger charge is 2.16. The highest BCUT2D eigenvalue weighted by atomic mass is 35.5. The molecule has 0 spiro atoms. The van der Waals surface area contributed by atoms with Crippen LogP contribution in [0, 0.1) is 0 Å². The number of aliphatic carboxylic acids is 1. The monoisotopic (exact) mass is 299 g/mol. The number of furan rings is 1. The van der Waals surface area contributed by atoms with E-state index in [1.807, 2.05) is 0 Å². The van der Waals surface area contributed by atoms with E-state index < -0.39 is 12.0 Å². The Bertz CT molecular complexity index is 610. The summed E-state index contributed by atoms with van der Waals surface area (Å²) in [6.45, 7) is 0. The molecule has 19 heavy (non-hydrogen) atoms. The predicted octanol–water partition coefficient (Wildman–Crippen LogP) is 3.73. The zero-order valence-electron chi connectivity index (χ0n) is 9.77. The molecule has 4 nitrogen and oxygen atoms in total. The van der Waals surface area contributed by atoms with Gasteiger partial charge in [0.25, 0.3) is 0 Å². The number of carbonyl (C=O) groups is 1. The number of carboxylic acid groups (broad SMARTS) is 1. The van der Waals surface area contributed by atoms with Crippen LogP contribution in [-0.4, -0.2) is 11.1 Å². The van der Waals surface area contributed by atoms with E-state index in [-0.39, 0.29) is 6.42 Å². The van der Waals surface area contributed by atoms with Crippen molar-refractivity contribution in [2.45, 2.75) is 12.5 Å². The molecule has 6 heteroatoms. The lowest BCUT2D eigenvalue weighted by Gasteiger charge is -2.05. The van der Waals surface area contributed by atoms with Crippen LogP contribution in [0.1, 0.15) is 18.2 Å². The van der Waals surface area contributed by atoms with Crippen LogP contribution in [0.15, 0.2) is 34.7 Å². The maximum Gasteiger partial charge on any atom is 0.305 e. The van der Waals surface area contributed by atoms with Crippen LogP contribution in [0.25, 0.3) is 11.3 Å². The lowest BCUT2D eigenvalue weighted by molar-refractivity contribution is -0.137. The first-order valence-electron chi connectivity index (χ1n) is 5.50. The molecule has 0 saturated carbocycles. The van der Waals surface area contributed by atoms with Crippen LogP contribution < -0.4 is 5.73 Å². The highest BCUT2D eigenvalue weighted by molar-refractivity contribution is 6.36. The van der Waals surface area contributed by atoms with Crippen molar-refractivity contribution in [2.24, 2.45) is 5.73 Å². The van der Waals surface area contributed by atoms with E-state index in [4.69, 9.17) is 38.5 Å². The number of nitrogens with two attached hydrogens (primary N) is 1. The fraction of sp³-hybridized carbons (Fsp3) is 0.154. The van der Waals surface area contributed by atoms with E-state index in [2.05, 4.69) is 0 Å². The first-order valence-corrected chi connectivity index (χ1v) is 6.25. The van der Waals surface area contributed by atoms with Gasteiger partial charge in [0.2, 0.25) is 0 Å². The summed E-state index contributed by atoms with van der Waals surface area (Å²) in [5.41, 5.74) is 6.40. The van der Waals surface area contributed by atoms with Crippen molar-refractivity contribution in [3.05, 3.63) is 46.1 Å². The molecule has 0 fully saturated rings. The van der Waals surface area contributed by atoms with Gasteiger partial charge in [0.15, 0.2) is 0 Å². The van der Waals surface area contributed by atoms with Gasteiger partial charge in [-0.1, -0.05) is 23.2 Å². The maximum atomic E-state index is 10.6. The standard InChI is InChI=1S/C13H11Cl2NO3/c14-7-1-2-8(9(15)5-7)11-3-4-12(19-11)10(16)6-13(17)18/h1-5,10H,6,16H2,(H,17,18)/t10-/m1/s1. The van der Waals surface area contributed by atoms with Crippen molar-refractivity contribution in [2.75, 3.05) is 0 Å². The van der Waals surface area contributed by atoms with Crippen molar-refractivity contribution in [1.29, 1.82) is 0 Å². The van der Waals surface area contributed by atoms with Crippen molar-refractivity contribution < 1.29 is 14.3 Å². The minimum absolute atomic E-state index is 0.193. The van der Waals surface area contributed by atoms with Crippen LogP contribution in [0.2, 0.25) is 10.0 Å². The molecule has 0 bridgehead atoms. The van der Waals surface area contributed by atoms with Gasteiger partial charge >= 0.3 is 5.97 Å². The zero-order valence-corrected chi connectivity index (χ0v) is 11.3. The molecule has 0 unspecified atom stereocenters. The molecule has 1 heterocycles. The first-order chi connectivity index (χ1) is 8.97. The number of benzene rings is 1. The zero-order chi connectivity index (χ0) is 14.0. The molecule has 0 aliphatic heterocycles. The second-order valence-electron chi connectivity index (χ2n) is 4.03. The predicted molar refractivity (Wildman–Crippen MR) is 73.3 cm³/mol. The van der Waals surface area contributed by atoms with Crippen LogP contribution in [0.4, 0.5) is 0 Å². The van der Waals surface area contributed by atoms with Crippen molar-refractivity contribution in [3.63, 3.8) is 0 Å². The fourth-order valence-electron chi connectivity index (χ4n) is 1.67. The Morgan fingerprint density at radius 1 is 1.32 bits per heavy atom. The van der Waals surface area contributed by atoms with Crippen LogP contribution in [-0.2, 0) is 4.79 Å². The van der Waals surface area contributed by atoms with Crippen LogP contribution >= 0.6 is 23.2 Å². The number of halogens is 2. The summed E-state index contributed by atoms with van der Waals surface area (Å²) in [6.07, 6.45) is -0.193. The molecular weight excluding hydrogens is 289 g/mol. The third-order valence-electron chi connectivity index (χ3n) is 2.58. The summed E-state index contributed by atoms with van der Waals surface area (Å²) in [4.78, 5) is 10.6. The molecule has 1 aromatic heterocycles. The van der Waals surface area contributed by atoms with Gasteiger partial charge in [0, 0.05) is 10.6 Å². The van der Waals surface area contributed by atoms with E-state index in [0.29, 0.717) is 27.1 Å². The van der Waals surface area contributed by atoms with Crippen molar-refractivity contribution in [3.8, 4) is 11.3 Å². The molecule has 0 saturated heterocycles. The lowest BCUT2D eigenvalue weighted by Crippen LogP contribution is -2.14. The first kappa shape index (κ1) is 13.9. The van der Waals surface area contributed by atoms with Gasteiger partial charge in [0.05, 0.1) is 17.5 Å². The molecule has 3 N–H and O–H groups in total. The van der Waals surface area contributed by atoms with E-state index in [9.17, 15) is 4.79 Å². The molecule has 2 aromatic rings. The van der Waals surface area contributed by atoms with Crippen molar-refractivity contribution >= 4 is 29.2 Å². The van der Waals surface area contributed by atoms with E-state index >= 15 is 0 Å². The number of hydrogen-bond donors (Lipinski definition) is 2. The minimum Gasteiger partial charge on any atom is -0.481 e. The molecule has 0 radical (unpaired) electrons. The largest absolute Gasteiger partial charge is 0.481 e. The third kappa shape index (κ3) is 3.29. The Labute approximate surface area is 119 Å². The Morgan fingerprint density at radius 3 is 2.68 bits per heavy atom. The topological polar surface area (TPSA) is 76.5 Å². The summed E-state index contributed by atoms with van der Waals surface area (Å²) in [7, 11) is 0. The third-order valence-corrected chi connectivity index (χ3v) is 3.13. The second-order valence-corrected chi connectivity index (χ2v) is 4.87. The summed E-state index contributed by atoms with van der Waals surface area (Å²) < 4.78 is 5.54. The summed E-state index contributed by atoms with van der Waals surface area (Å²) >= 11 is 11.9. The van der Waals surface area contributed by atoms with Crippen molar-refractivity contribution in [1.82, 2.24) is 0 Å². The SMILES string of the molecule is N[C@H](CC(=O)O)c1ccc(-c2ccc(Cl)cc2Cl)o1. The summed E-state index contributed by atoms with van der Waals surface area (Å²) in [5.74, 6) is -0.0455. The van der Waals surface area contributed by atoms with Gasteiger partial charge < -0.3 is 15.3 Å². The number of rotatable bonds is 4. The lowest BCUT2D eigenvalue weighted by atomic mass is 10.1. The summed E-state index contributed by atoms with van der Waals surface area (Å²) in [5, 5.41) is 9.68. The van der Waals surface area contributed by atoms with E-state index in [0.717, 1.165) is 0 Å². The smallest absolute Gasteiger partial charge is 0.305 e. The molecule has 1 atom stereocenters. The molecule has 2 rings (SSSR count). The molecular formula is C13H11Cl2NO3. The van der Waals surface area contributed by atoms with Gasteiger partial charge in [-0.25, -0.2) is 0 Å². The quantitative estimate of drug-likeness (QED) is 0.902. The Balaban J connectivity index is 2.28. The number of hydrogen-bond acceptors (Lipinski definition) is 3. The maximum absolute atomic E-state index is 10.6. The van der Waals surface area contributed by atoms with Gasteiger partial charge in [-0.05, 0) is 30.3 Å². The van der Waals surface area contributed by atoms with Gasteiger partial charge in [-0.15, -0.1) is 0 Å². The van der Waals surface area contributed by atoms with Gasteiger partial charge in [0.1, 0.15) is 11.5 Å². The molecule has 0 amide bonds.